The summed E-state index contributed by atoms with van der Waals surface area (Å²) in [7, 11) is 1.69. The van der Waals surface area contributed by atoms with Gasteiger partial charge in [0.05, 0.1) is 19.8 Å². The van der Waals surface area contributed by atoms with Crippen molar-refractivity contribution in [3.05, 3.63) is 59.2 Å². The van der Waals surface area contributed by atoms with E-state index in [1.165, 1.54) is 16.7 Å². The van der Waals surface area contributed by atoms with Gasteiger partial charge in [0.2, 0.25) is 0 Å². The monoisotopic (exact) mass is 283 g/mol. The second kappa shape index (κ2) is 6.19. The Morgan fingerprint density at radius 2 is 1.86 bits per heavy atom. The van der Waals surface area contributed by atoms with Gasteiger partial charge in [-0.1, -0.05) is 18.2 Å². The first kappa shape index (κ1) is 14.0. The zero-order chi connectivity index (χ0) is 14.7. The second-order valence-corrected chi connectivity index (χ2v) is 5.20. The smallest absolute Gasteiger partial charge is 0.119 e. The molecule has 0 aromatic heterocycles. The number of methoxy groups -OCH3 is 1. The molecule has 0 radical (unpaired) electrons. The van der Waals surface area contributed by atoms with Crippen LogP contribution in [-0.2, 0) is 6.42 Å². The van der Waals surface area contributed by atoms with Crippen molar-refractivity contribution in [2.24, 2.45) is 0 Å². The fourth-order valence-electron chi connectivity index (χ4n) is 2.89. The van der Waals surface area contributed by atoms with Gasteiger partial charge in [-0.15, -0.1) is 0 Å². The van der Waals surface area contributed by atoms with Crippen LogP contribution in [0.4, 0.5) is 0 Å². The minimum atomic E-state index is 0.246. The zero-order valence-electron chi connectivity index (χ0n) is 12.6. The van der Waals surface area contributed by atoms with Crippen LogP contribution < -0.4 is 14.8 Å². The minimum Gasteiger partial charge on any atom is -0.497 e. The highest BCUT2D eigenvalue weighted by Gasteiger charge is 2.21. The summed E-state index contributed by atoms with van der Waals surface area (Å²) in [5.74, 6) is 1.85. The Labute approximate surface area is 125 Å². The molecule has 1 N–H and O–H groups in total. The van der Waals surface area contributed by atoms with Crippen LogP contribution in [0, 0.1) is 0 Å². The molecule has 3 heteroatoms. The predicted molar refractivity (Wildman–Crippen MR) is 84.2 cm³/mol. The quantitative estimate of drug-likeness (QED) is 0.933. The fraction of sp³-hybridized carbons (Fsp3) is 0.333. The Balaban J connectivity index is 1.92. The summed E-state index contributed by atoms with van der Waals surface area (Å²) in [5, 5.41) is 3.60. The molecule has 0 amide bonds. The van der Waals surface area contributed by atoms with Gasteiger partial charge < -0.3 is 14.8 Å². The summed E-state index contributed by atoms with van der Waals surface area (Å²) in [5.41, 5.74) is 3.98. The number of hydrogen-bond donors (Lipinski definition) is 1. The van der Waals surface area contributed by atoms with E-state index in [4.69, 9.17) is 9.47 Å². The largest absolute Gasteiger partial charge is 0.497 e. The van der Waals surface area contributed by atoms with Gasteiger partial charge in [-0.2, -0.15) is 0 Å². The molecule has 1 heterocycles. The fourth-order valence-corrected chi connectivity index (χ4v) is 2.89. The lowest BCUT2D eigenvalue weighted by Crippen LogP contribution is -2.30. The lowest BCUT2D eigenvalue weighted by molar-refractivity contribution is 0.339. The van der Waals surface area contributed by atoms with Crippen molar-refractivity contribution in [3.63, 3.8) is 0 Å². The Morgan fingerprint density at radius 1 is 1.10 bits per heavy atom. The Kier molecular flexibility index (Phi) is 4.11. The number of ether oxygens (including phenoxy) is 2. The van der Waals surface area contributed by atoms with Gasteiger partial charge in [0.1, 0.15) is 11.5 Å². The Hall–Kier alpha value is -2.00. The van der Waals surface area contributed by atoms with Crippen LogP contribution in [0.3, 0.4) is 0 Å². The minimum absolute atomic E-state index is 0.246. The maximum atomic E-state index is 5.61. The van der Waals surface area contributed by atoms with Crippen LogP contribution in [0.15, 0.2) is 42.5 Å². The van der Waals surface area contributed by atoms with E-state index in [-0.39, 0.29) is 6.04 Å². The molecular weight excluding hydrogens is 262 g/mol. The van der Waals surface area contributed by atoms with Gasteiger partial charge in [-0.05, 0) is 54.3 Å². The van der Waals surface area contributed by atoms with Gasteiger partial charge >= 0.3 is 0 Å². The number of rotatable bonds is 4. The zero-order valence-corrected chi connectivity index (χ0v) is 12.6. The summed E-state index contributed by atoms with van der Waals surface area (Å²) in [4.78, 5) is 0. The lowest BCUT2D eigenvalue weighted by atomic mass is 9.90. The van der Waals surface area contributed by atoms with Gasteiger partial charge in [0.25, 0.3) is 0 Å². The van der Waals surface area contributed by atoms with E-state index in [9.17, 15) is 0 Å². The highest BCUT2D eigenvalue weighted by Crippen LogP contribution is 2.31. The molecule has 2 aromatic carbocycles. The first-order valence-electron chi connectivity index (χ1n) is 7.44. The highest BCUT2D eigenvalue weighted by molar-refractivity contribution is 5.44. The molecule has 0 saturated heterocycles. The molecule has 110 valence electrons. The van der Waals surface area contributed by atoms with Crippen molar-refractivity contribution in [1.29, 1.82) is 0 Å². The van der Waals surface area contributed by atoms with Gasteiger partial charge in [0, 0.05) is 6.54 Å². The van der Waals surface area contributed by atoms with E-state index in [0.29, 0.717) is 6.61 Å². The SMILES string of the molecule is CCOc1ccc2c(c1)CCNC2c1ccc(OC)cc1. The summed E-state index contributed by atoms with van der Waals surface area (Å²) in [6, 6.07) is 14.9. The first-order chi connectivity index (χ1) is 10.3. The summed E-state index contributed by atoms with van der Waals surface area (Å²) in [6.45, 7) is 3.71. The number of nitrogens with one attached hydrogen (secondary N) is 1. The molecule has 0 aliphatic carbocycles. The van der Waals surface area contributed by atoms with Crippen molar-refractivity contribution >= 4 is 0 Å². The molecular formula is C18H21NO2. The topological polar surface area (TPSA) is 30.5 Å². The van der Waals surface area contributed by atoms with Crippen LogP contribution in [0.5, 0.6) is 11.5 Å². The average molecular weight is 283 g/mol. The molecule has 3 nitrogen and oxygen atoms in total. The van der Waals surface area contributed by atoms with Crippen molar-refractivity contribution in [1.82, 2.24) is 5.32 Å². The second-order valence-electron chi connectivity index (χ2n) is 5.20. The lowest BCUT2D eigenvalue weighted by Gasteiger charge is -2.28. The Morgan fingerprint density at radius 3 is 2.57 bits per heavy atom. The van der Waals surface area contributed by atoms with Crippen molar-refractivity contribution < 1.29 is 9.47 Å². The molecule has 2 aromatic rings. The average Bonchev–Trinajstić information content (AvgIpc) is 2.54. The summed E-state index contributed by atoms with van der Waals surface area (Å²) >= 11 is 0. The normalized spacial score (nSPS) is 17.1. The van der Waals surface area contributed by atoms with Gasteiger partial charge in [0.15, 0.2) is 0 Å². The molecule has 1 atom stereocenters. The number of benzene rings is 2. The van der Waals surface area contributed by atoms with E-state index in [1.807, 2.05) is 19.1 Å². The van der Waals surface area contributed by atoms with Crippen molar-refractivity contribution in [2.45, 2.75) is 19.4 Å². The molecule has 0 bridgehead atoms. The molecule has 3 rings (SSSR count). The number of fused-ring (bicyclic) bond motifs is 1. The van der Waals surface area contributed by atoms with Crippen LogP contribution >= 0.6 is 0 Å². The van der Waals surface area contributed by atoms with Gasteiger partial charge in [-0.3, -0.25) is 0 Å². The third kappa shape index (κ3) is 2.88. The third-order valence-corrected chi connectivity index (χ3v) is 3.93. The van der Waals surface area contributed by atoms with E-state index < -0.39 is 0 Å². The van der Waals surface area contributed by atoms with Crippen LogP contribution in [0.1, 0.15) is 29.7 Å². The van der Waals surface area contributed by atoms with Crippen LogP contribution in [-0.4, -0.2) is 20.3 Å². The van der Waals surface area contributed by atoms with E-state index >= 15 is 0 Å². The van der Waals surface area contributed by atoms with Crippen molar-refractivity contribution in [2.75, 3.05) is 20.3 Å². The summed E-state index contributed by atoms with van der Waals surface area (Å²) in [6.07, 6.45) is 1.04. The van der Waals surface area contributed by atoms with E-state index in [1.54, 1.807) is 7.11 Å². The van der Waals surface area contributed by atoms with Crippen LogP contribution in [0.2, 0.25) is 0 Å². The Bertz CT molecular complexity index is 607. The maximum Gasteiger partial charge on any atom is 0.119 e. The first-order valence-corrected chi connectivity index (χ1v) is 7.44. The molecule has 0 saturated carbocycles. The van der Waals surface area contributed by atoms with E-state index in [0.717, 1.165) is 24.5 Å². The molecule has 1 aliphatic heterocycles. The molecule has 21 heavy (non-hydrogen) atoms. The predicted octanol–water partition coefficient (Wildman–Crippen LogP) is 3.33. The molecule has 0 fully saturated rings. The van der Waals surface area contributed by atoms with Crippen molar-refractivity contribution in [3.8, 4) is 11.5 Å². The molecule has 1 aliphatic rings. The van der Waals surface area contributed by atoms with E-state index in [2.05, 4.69) is 35.6 Å². The van der Waals surface area contributed by atoms with Gasteiger partial charge in [-0.25, -0.2) is 0 Å². The standard InChI is InChI=1S/C18H21NO2/c1-3-21-16-8-9-17-14(12-16)10-11-19-18(17)13-4-6-15(20-2)7-5-13/h4-9,12,18-19H,3,10-11H2,1-2H3. The third-order valence-electron chi connectivity index (χ3n) is 3.93. The maximum absolute atomic E-state index is 5.61. The highest BCUT2D eigenvalue weighted by atomic mass is 16.5. The molecule has 1 unspecified atom stereocenters. The number of hydrogen-bond acceptors (Lipinski definition) is 3. The van der Waals surface area contributed by atoms with Crippen LogP contribution in [0.25, 0.3) is 0 Å². The summed E-state index contributed by atoms with van der Waals surface area (Å²) < 4.78 is 10.8. The molecule has 0 spiro atoms.